The van der Waals surface area contributed by atoms with Gasteiger partial charge in [-0.3, -0.25) is 14.4 Å². The molecule has 1 heterocycles. The molecule has 176 valence electrons. The zero-order valence-corrected chi connectivity index (χ0v) is 18.7. The molecule has 0 bridgehead atoms. The fraction of sp³-hybridized carbons (Fsp3) is 0.524. The molecule has 1 aromatic rings. The van der Waals surface area contributed by atoms with Gasteiger partial charge in [0.05, 0.1) is 12.1 Å². The van der Waals surface area contributed by atoms with E-state index < -0.39 is 48.1 Å². The van der Waals surface area contributed by atoms with Gasteiger partial charge in [-0.1, -0.05) is 30.3 Å². The number of amides is 3. The highest BCUT2D eigenvalue weighted by atomic mass is 32.1. The zero-order chi connectivity index (χ0) is 23.8. The summed E-state index contributed by atoms with van der Waals surface area (Å²) in [5.41, 5.74) is 7.00. The summed E-state index contributed by atoms with van der Waals surface area (Å²) in [5.74, 6) is -3.28. The van der Waals surface area contributed by atoms with Crippen molar-refractivity contribution in [2.45, 2.75) is 56.5 Å². The van der Waals surface area contributed by atoms with Gasteiger partial charge in [0.2, 0.25) is 17.7 Å². The highest BCUT2D eigenvalue weighted by molar-refractivity contribution is 7.80. The summed E-state index contributed by atoms with van der Waals surface area (Å²) in [6, 6.07) is 4.97. The number of aliphatic hydroxyl groups is 1. The maximum Gasteiger partial charge on any atom is 0.327 e. The molecule has 0 aliphatic carbocycles. The summed E-state index contributed by atoms with van der Waals surface area (Å²) < 4.78 is 0. The molecule has 0 radical (unpaired) electrons. The fourth-order valence-electron chi connectivity index (χ4n) is 3.57. The van der Waals surface area contributed by atoms with Crippen LogP contribution in [-0.2, 0) is 25.6 Å². The molecular formula is C21H30N4O6S. The normalized spacial score (nSPS) is 19.5. The largest absolute Gasteiger partial charge is 0.480 e. The van der Waals surface area contributed by atoms with Crippen LogP contribution in [0.2, 0.25) is 0 Å². The second-order valence-corrected chi connectivity index (χ2v) is 8.16. The van der Waals surface area contributed by atoms with E-state index >= 15 is 0 Å². The van der Waals surface area contributed by atoms with Crippen molar-refractivity contribution in [1.29, 1.82) is 0 Å². The second-order valence-electron chi connectivity index (χ2n) is 7.79. The number of aliphatic hydroxyl groups excluding tert-OH is 1. The predicted octanol–water partition coefficient (Wildman–Crippen LogP) is -1.09. The lowest BCUT2D eigenvalue weighted by molar-refractivity contribution is -0.143. The van der Waals surface area contributed by atoms with E-state index in [0.29, 0.717) is 25.8 Å². The van der Waals surface area contributed by atoms with Crippen molar-refractivity contribution < 1.29 is 29.4 Å². The van der Waals surface area contributed by atoms with E-state index in [1.807, 2.05) is 30.3 Å². The summed E-state index contributed by atoms with van der Waals surface area (Å²) in [4.78, 5) is 50.8. The Morgan fingerprint density at radius 3 is 2.44 bits per heavy atom. The van der Waals surface area contributed by atoms with Gasteiger partial charge in [0.15, 0.2) is 0 Å². The average Bonchev–Trinajstić information content (AvgIpc) is 3.25. The maximum absolute atomic E-state index is 12.9. The summed E-state index contributed by atoms with van der Waals surface area (Å²) in [6.07, 6.45) is 0.00904. The lowest BCUT2D eigenvalue weighted by atomic mass is 10.0. The summed E-state index contributed by atoms with van der Waals surface area (Å²) in [6.45, 7) is 1.65. The van der Waals surface area contributed by atoms with Gasteiger partial charge in [0.25, 0.3) is 0 Å². The third-order valence-electron chi connectivity index (χ3n) is 5.31. The van der Waals surface area contributed by atoms with Gasteiger partial charge >= 0.3 is 5.97 Å². The summed E-state index contributed by atoms with van der Waals surface area (Å²) in [7, 11) is 0. The van der Waals surface area contributed by atoms with Crippen LogP contribution in [-0.4, -0.2) is 81.4 Å². The molecule has 1 aliphatic rings. The van der Waals surface area contributed by atoms with Crippen molar-refractivity contribution in [3.8, 4) is 0 Å². The number of benzene rings is 1. The Balaban J connectivity index is 2.05. The van der Waals surface area contributed by atoms with Crippen LogP contribution in [0.5, 0.6) is 0 Å². The minimum atomic E-state index is -1.39. The van der Waals surface area contributed by atoms with E-state index in [1.165, 1.54) is 11.8 Å². The molecular weight excluding hydrogens is 436 g/mol. The number of rotatable bonds is 10. The summed E-state index contributed by atoms with van der Waals surface area (Å²) in [5, 5.41) is 23.7. The standard InChI is InChI=1S/C21H30N4O6S/c1-12(26)17(19(28)23-15(11-32)21(30)31)24-18(27)16-8-5-9-25(16)20(29)14(22)10-13-6-3-2-4-7-13/h2-4,6-7,12,14-17,26,32H,5,8-11,22H2,1H3,(H,23,28)(H,24,27)(H,30,31). The van der Waals surface area contributed by atoms with Gasteiger partial charge in [-0.05, 0) is 31.7 Å². The third-order valence-corrected chi connectivity index (χ3v) is 5.68. The first-order chi connectivity index (χ1) is 15.1. The van der Waals surface area contributed by atoms with Crippen molar-refractivity contribution in [2.24, 2.45) is 5.73 Å². The number of likely N-dealkylation sites (tertiary alicyclic amines) is 1. The highest BCUT2D eigenvalue weighted by Crippen LogP contribution is 2.19. The Bertz CT molecular complexity index is 822. The predicted molar refractivity (Wildman–Crippen MR) is 120 cm³/mol. The Hall–Kier alpha value is -2.63. The molecule has 1 saturated heterocycles. The van der Waals surface area contributed by atoms with E-state index in [4.69, 9.17) is 10.8 Å². The van der Waals surface area contributed by atoms with Crippen molar-refractivity contribution in [1.82, 2.24) is 15.5 Å². The van der Waals surface area contributed by atoms with Gasteiger partial charge in [-0.15, -0.1) is 0 Å². The van der Waals surface area contributed by atoms with Crippen LogP contribution >= 0.6 is 12.6 Å². The number of hydrogen-bond acceptors (Lipinski definition) is 7. The fourth-order valence-corrected chi connectivity index (χ4v) is 3.82. The van der Waals surface area contributed by atoms with Crippen LogP contribution in [0.1, 0.15) is 25.3 Å². The molecule has 32 heavy (non-hydrogen) atoms. The average molecular weight is 467 g/mol. The van der Waals surface area contributed by atoms with Crippen LogP contribution in [0, 0.1) is 0 Å². The Kier molecular flexibility index (Phi) is 9.48. The minimum absolute atomic E-state index is 0.161. The van der Waals surface area contributed by atoms with Crippen molar-refractivity contribution in [3.63, 3.8) is 0 Å². The minimum Gasteiger partial charge on any atom is -0.480 e. The van der Waals surface area contributed by atoms with E-state index in [2.05, 4.69) is 23.3 Å². The van der Waals surface area contributed by atoms with Gasteiger partial charge in [-0.25, -0.2) is 4.79 Å². The number of nitrogens with one attached hydrogen (secondary N) is 2. The molecule has 0 saturated carbocycles. The van der Waals surface area contributed by atoms with Crippen LogP contribution in [0.15, 0.2) is 30.3 Å². The maximum atomic E-state index is 12.9. The second kappa shape index (κ2) is 11.8. The topological polar surface area (TPSA) is 162 Å². The number of carbonyl (C=O) groups is 4. The molecule has 5 atom stereocenters. The van der Waals surface area contributed by atoms with Gasteiger partial charge in [0.1, 0.15) is 18.1 Å². The Morgan fingerprint density at radius 2 is 1.88 bits per heavy atom. The monoisotopic (exact) mass is 466 g/mol. The zero-order valence-electron chi connectivity index (χ0n) is 17.8. The SMILES string of the molecule is CC(O)C(NC(=O)C1CCCN1C(=O)C(N)Cc1ccccc1)C(=O)NC(CS)C(=O)O. The van der Waals surface area contributed by atoms with E-state index in [-0.39, 0.29) is 11.7 Å². The molecule has 1 aromatic carbocycles. The molecule has 5 unspecified atom stereocenters. The smallest absolute Gasteiger partial charge is 0.327 e. The molecule has 0 aromatic heterocycles. The third kappa shape index (κ3) is 6.68. The quantitative estimate of drug-likeness (QED) is 0.239. The first kappa shape index (κ1) is 25.6. The highest BCUT2D eigenvalue weighted by Gasteiger charge is 2.38. The van der Waals surface area contributed by atoms with E-state index in [9.17, 15) is 24.3 Å². The Labute approximate surface area is 191 Å². The lowest BCUT2D eigenvalue weighted by Gasteiger charge is -2.29. The van der Waals surface area contributed by atoms with Crippen molar-refractivity contribution >= 4 is 36.3 Å². The van der Waals surface area contributed by atoms with Crippen LogP contribution in [0.3, 0.4) is 0 Å². The number of aliphatic carboxylic acids is 1. The van der Waals surface area contributed by atoms with Crippen molar-refractivity contribution in [3.05, 3.63) is 35.9 Å². The number of nitrogens with zero attached hydrogens (tertiary/aromatic N) is 1. The van der Waals surface area contributed by atoms with Gasteiger partial charge in [-0.2, -0.15) is 12.6 Å². The van der Waals surface area contributed by atoms with Crippen molar-refractivity contribution in [2.75, 3.05) is 12.3 Å². The Morgan fingerprint density at radius 1 is 1.22 bits per heavy atom. The van der Waals surface area contributed by atoms with Crippen LogP contribution in [0.4, 0.5) is 0 Å². The summed E-state index contributed by atoms with van der Waals surface area (Å²) >= 11 is 3.88. The first-order valence-corrected chi connectivity index (χ1v) is 11.0. The molecule has 0 spiro atoms. The lowest BCUT2D eigenvalue weighted by Crippen LogP contribution is -2.59. The molecule has 1 aliphatic heterocycles. The van der Waals surface area contributed by atoms with Gasteiger partial charge in [0, 0.05) is 12.3 Å². The number of carboxylic acid groups (broad SMARTS) is 1. The number of thiol groups is 1. The molecule has 10 nitrogen and oxygen atoms in total. The number of hydrogen-bond donors (Lipinski definition) is 6. The van der Waals surface area contributed by atoms with Gasteiger partial charge < -0.3 is 31.5 Å². The van der Waals surface area contributed by atoms with E-state index in [1.54, 1.807) is 0 Å². The molecule has 3 amide bonds. The molecule has 2 rings (SSSR count). The van der Waals surface area contributed by atoms with Crippen LogP contribution in [0.25, 0.3) is 0 Å². The number of carbonyl (C=O) groups excluding carboxylic acids is 3. The first-order valence-electron chi connectivity index (χ1n) is 10.4. The molecule has 11 heteroatoms. The number of nitrogens with two attached hydrogens (primary N) is 1. The van der Waals surface area contributed by atoms with Crippen LogP contribution < -0.4 is 16.4 Å². The number of carboxylic acids is 1. The molecule has 1 fully saturated rings. The molecule has 6 N–H and O–H groups in total. The van der Waals surface area contributed by atoms with E-state index in [0.717, 1.165) is 5.56 Å².